The minimum absolute atomic E-state index is 0.0399. The van der Waals surface area contributed by atoms with Crippen molar-refractivity contribution in [2.45, 2.75) is 126 Å². The maximum atomic E-state index is 13.2. The van der Waals surface area contributed by atoms with Gasteiger partial charge in [0.05, 0.1) is 19.1 Å². The van der Waals surface area contributed by atoms with E-state index in [0.29, 0.717) is 30.8 Å². The van der Waals surface area contributed by atoms with Gasteiger partial charge < -0.3 is 9.84 Å². The summed E-state index contributed by atoms with van der Waals surface area (Å²) in [6.07, 6.45) is 15.5. The van der Waals surface area contributed by atoms with Crippen molar-refractivity contribution < 1.29 is 14.6 Å². The highest BCUT2D eigenvalue weighted by atomic mass is 16.5. The maximum absolute atomic E-state index is 13.2. The molecule has 0 radical (unpaired) electrons. The molecule has 1 N–H and O–H groups in total. The third kappa shape index (κ3) is 4.24. The van der Waals surface area contributed by atoms with Crippen LogP contribution in [0.5, 0.6) is 0 Å². The Bertz CT molecular complexity index is 897. The van der Waals surface area contributed by atoms with Crippen molar-refractivity contribution >= 4 is 5.97 Å². The molecule has 0 heterocycles. The number of rotatable bonds is 8. The number of carbonyl (C=O) groups excluding carboxylic acids is 1. The van der Waals surface area contributed by atoms with Crippen LogP contribution in [0.1, 0.15) is 120 Å². The molecule has 0 spiro atoms. The predicted octanol–water partition coefficient (Wildman–Crippen LogP) is 8.27. The predicted molar refractivity (Wildman–Crippen MR) is 148 cm³/mol. The van der Waals surface area contributed by atoms with E-state index >= 15 is 0 Å². The lowest BCUT2D eigenvalue weighted by Crippen LogP contribution is -2.56. The summed E-state index contributed by atoms with van der Waals surface area (Å²) >= 11 is 0. The van der Waals surface area contributed by atoms with Gasteiger partial charge in [0.15, 0.2) is 0 Å². The lowest BCUT2D eigenvalue weighted by molar-refractivity contribution is -0.147. The Hall–Kier alpha value is -1.09. The van der Waals surface area contributed by atoms with Gasteiger partial charge in [-0.05, 0) is 85.4 Å². The average Bonchev–Trinajstić information content (AvgIpc) is 3.09. The topological polar surface area (TPSA) is 46.5 Å². The van der Waals surface area contributed by atoms with Crippen molar-refractivity contribution in [2.24, 2.45) is 45.3 Å². The Balaban J connectivity index is 1.75. The highest BCUT2D eigenvalue weighted by molar-refractivity contribution is 5.72. The van der Waals surface area contributed by atoms with Crippen molar-refractivity contribution in [2.75, 3.05) is 6.61 Å². The normalized spacial score (nSPS) is 40.0. The Labute approximate surface area is 221 Å². The zero-order chi connectivity index (χ0) is 26.5. The minimum Gasteiger partial charge on any atom is -0.466 e. The number of allylic oxidation sites excluding steroid dienone is 4. The Morgan fingerprint density at radius 1 is 1.06 bits per heavy atom. The summed E-state index contributed by atoms with van der Waals surface area (Å²) in [5, 5.41) is 10.9. The van der Waals surface area contributed by atoms with Gasteiger partial charge in [-0.15, -0.1) is 0 Å². The third-order valence-electron chi connectivity index (χ3n) is 11.8. The quantitative estimate of drug-likeness (QED) is 0.270. The molecule has 0 saturated heterocycles. The van der Waals surface area contributed by atoms with Crippen LogP contribution in [0.15, 0.2) is 23.3 Å². The summed E-state index contributed by atoms with van der Waals surface area (Å²) in [6, 6.07) is 0. The van der Waals surface area contributed by atoms with Crippen LogP contribution in [0, 0.1) is 45.3 Å². The molecule has 0 aromatic rings. The van der Waals surface area contributed by atoms with Gasteiger partial charge in [-0.3, -0.25) is 4.79 Å². The van der Waals surface area contributed by atoms with Gasteiger partial charge >= 0.3 is 5.97 Å². The fraction of sp³-hybridized carbons (Fsp3) is 0.848. The van der Waals surface area contributed by atoms with E-state index in [9.17, 15) is 9.90 Å². The van der Waals surface area contributed by atoms with Crippen LogP contribution in [0.25, 0.3) is 0 Å². The second-order valence-corrected chi connectivity index (χ2v) is 14.4. The molecule has 4 aliphatic rings. The van der Waals surface area contributed by atoms with Crippen LogP contribution in [0.4, 0.5) is 0 Å². The molecule has 0 unspecified atom stereocenters. The van der Waals surface area contributed by atoms with E-state index in [1.807, 2.05) is 6.92 Å². The molecule has 204 valence electrons. The fourth-order valence-electron chi connectivity index (χ4n) is 9.64. The van der Waals surface area contributed by atoms with Crippen molar-refractivity contribution in [1.29, 1.82) is 0 Å². The summed E-state index contributed by atoms with van der Waals surface area (Å²) in [6.45, 7) is 19.0. The monoisotopic (exact) mass is 498 g/mol. The zero-order valence-corrected chi connectivity index (χ0v) is 24.6. The molecule has 4 rings (SSSR count). The second kappa shape index (κ2) is 9.90. The molecule has 1 saturated carbocycles. The molecule has 0 amide bonds. The Morgan fingerprint density at radius 3 is 2.44 bits per heavy atom. The number of carbonyl (C=O) groups is 1. The van der Waals surface area contributed by atoms with E-state index in [2.05, 4.69) is 60.6 Å². The van der Waals surface area contributed by atoms with E-state index < -0.39 is 0 Å². The van der Waals surface area contributed by atoms with E-state index in [-0.39, 0.29) is 33.7 Å². The number of hydrogen-bond acceptors (Lipinski definition) is 3. The molecule has 0 aromatic heterocycles. The van der Waals surface area contributed by atoms with Gasteiger partial charge in [0, 0.05) is 5.41 Å². The minimum atomic E-state index is -0.224. The molecular formula is C33H54O3. The lowest BCUT2D eigenvalue weighted by Gasteiger charge is -2.62. The highest BCUT2D eigenvalue weighted by Crippen LogP contribution is 2.71. The first-order valence-electron chi connectivity index (χ1n) is 15.1. The Kier molecular flexibility index (Phi) is 7.68. The van der Waals surface area contributed by atoms with E-state index in [1.54, 1.807) is 11.1 Å². The second-order valence-electron chi connectivity index (χ2n) is 14.4. The van der Waals surface area contributed by atoms with Gasteiger partial charge in [0.25, 0.3) is 0 Å². The molecule has 36 heavy (non-hydrogen) atoms. The molecule has 1 fully saturated rings. The van der Waals surface area contributed by atoms with Crippen LogP contribution in [0.2, 0.25) is 0 Å². The smallest absolute Gasteiger partial charge is 0.307 e. The molecule has 3 nitrogen and oxygen atoms in total. The number of hydrogen-bond donors (Lipinski definition) is 1. The van der Waals surface area contributed by atoms with E-state index in [0.717, 1.165) is 44.4 Å². The number of fused-ring (bicyclic) bond motifs is 4. The van der Waals surface area contributed by atoms with Gasteiger partial charge in [0.1, 0.15) is 0 Å². The van der Waals surface area contributed by atoms with Crippen LogP contribution in [0.3, 0.4) is 0 Å². The summed E-state index contributed by atoms with van der Waals surface area (Å²) in [7, 11) is 0. The number of aliphatic hydroxyl groups is 1. The first kappa shape index (κ1) is 27.9. The van der Waals surface area contributed by atoms with Gasteiger partial charge in [0.2, 0.25) is 0 Å². The molecule has 0 aromatic carbocycles. The molecule has 0 bridgehead atoms. The maximum Gasteiger partial charge on any atom is 0.307 e. The van der Waals surface area contributed by atoms with Crippen molar-refractivity contribution in [3.8, 4) is 0 Å². The van der Waals surface area contributed by atoms with Crippen molar-refractivity contribution in [1.82, 2.24) is 0 Å². The molecular weight excluding hydrogens is 444 g/mol. The first-order valence-corrected chi connectivity index (χ1v) is 15.1. The van der Waals surface area contributed by atoms with Crippen LogP contribution < -0.4 is 0 Å². The Morgan fingerprint density at radius 2 is 1.78 bits per heavy atom. The first-order chi connectivity index (χ1) is 16.8. The number of esters is 1. The fourth-order valence-corrected chi connectivity index (χ4v) is 9.64. The van der Waals surface area contributed by atoms with Crippen molar-refractivity contribution in [3.63, 3.8) is 0 Å². The summed E-state index contributed by atoms with van der Waals surface area (Å²) in [5.41, 5.74) is 3.09. The van der Waals surface area contributed by atoms with Gasteiger partial charge in [-0.1, -0.05) is 91.0 Å². The summed E-state index contributed by atoms with van der Waals surface area (Å²) in [5.74, 6) is 2.33. The standard InChI is InChI=1S/C33H54O3/c1-9-36-29(35)21-33-20-16-24(23(4)12-10-11-22(2)3)32(33,8)19-15-25-26(33)13-14-27-30(5,6)28(34)17-18-31(25,27)7/h16,20,22-24,27-28,34H,9-15,17-19,21H2,1-8H3/t23-,24-,27+,28+,31-,32-,33-/m1/s1. The van der Waals surface area contributed by atoms with Crippen LogP contribution in [-0.4, -0.2) is 23.8 Å². The van der Waals surface area contributed by atoms with E-state index in [1.165, 1.54) is 19.3 Å². The molecule has 0 aliphatic heterocycles. The summed E-state index contributed by atoms with van der Waals surface area (Å²) in [4.78, 5) is 13.2. The van der Waals surface area contributed by atoms with Crippen LogP contribution in [-0.2, 0) is 9.53 Å². The average molecular weight is 499 g/mol. The summed E-state index contributed by atoms with van der Waals surface area (Å²) < 4.78 is 5.61. The number of ether oxygens (including phenoxy) is 1. The molecule has 7 atom stereocenters. The highest BCUT2D eigenvalue weighted by Gasteiger charge is 2.64. The molecule has 3 heteroatoms. The molecule has 4 aliphatic carbocycles. The zero-order valence-electron chi connectivity index (χ0n) is 24.6. The third-order valence-corrected chi connectivity index (χ3v) is 11.8. The van der Waals surface area contributed by atoms with E-state index in [4.69, 9.17) is 4.74 Å². The van der Waals surface area contributed by atoms with Gasteiger partial charge in [-0.2, -0.15) is 0 Å². The van der Waals surface area contributed by atoms with Crippen molar-refractivity contribution in [3.05, 3.63) is 23.3 Å². The van der Waals surface area contributed by atoms with Crippen LogP contribution >= 0.6 is 0 Å². The largest absolute Gasteiger partial charge is 0.466 e. The SMILES string of the molecule is CCOC(=O)C[C@@]12C=C[C@H]([C@H](C)CCCC(C)C)[C@@]1(C)CCC1=C2CC[C@H]2C(C)(C)[C@@H](O)CC[C@]12C. The van der Waals surface area contributed by atoms with Gasteiger partial charge in [-0.25, -0.2) is 0 Å². The number of aliphatic hydroxyl groups excluding tert-OH is 1. The lowest BCUT2D eigenvalue weighted by atomic mass is 9.42.